The van der Waals surface area contributed by atoms with Crippen LogP contribution in [0.5, 0.6) is 0 Å². The monoisotopic (exact) mass is 823 g/mol. The molecule has 0 heterocycles. The molecule has 0 aliphatic rings. The minimum absolute atomic E-state index is 0.0355. The van der Waals surface area contributed by atoms with Crippen LogP contribution in [0, 0.1) is 0 Å². The maximum Gasteiger partial charge on any atom is 0.306 e. The molecule has 7 nitrogen and oxygen atoms in total. The minimum atomic E-state index is 0.0355. The normalized spacial score (nSPS) is 11.7. The topological polar surface area (TPSA) is 60.5 Å². The van der Waals surface area contributed by atoms with Crippen molar-refractivity contribution in [3.05, 3.63) is 12.3 Å². The van der Waals surface area contributed by atoms with Crippen molar-refractivity contribution in [3.63, 3.8) is 0 Å². The number of esters is 1. The summed E-state index contributed by atoms with van der Waals surface area (Å²) in [7, 11) is 4.14. The third-order valence-electron chi connectivity index (χ3n) is 11.5. The lowest BCUT2D eigenvalue weighted by molar-refractivity contribution is -0.150. The molecule has 0 aromatic heterocycles. The molecule has 0 aromatic carbocycles. The van der Waals surface area contributed by atoms with Gasteiger partial charge in [0.05, 0.1) is 38.8 Å². The summed E-state index contributed by atoms with van der Waals surface area (Å²) in [6.07, 6.45) is 40.4. The number of unbranched alkanes of at least 4 members (excludes halogenated alkanes) is 24. The van der Waals surface area contributed by atoms with Crippen molar-refractivity contribution < 1.29 is 23.7 Å². The van der Waals surface area contributed by atoms with Crippen LogP contribution in [0.3, 0.4) is 0 Å². The van der Waals surface area contributed by atoms with Gasteiger partial charge in [-0.25, -0.2) is 0 Å². The molecule has 0 rings (SSSR count). The Labute approximate surface area is 362 Å². The van der Waals surface area contributed by atoms with Gasteiger partial charge in [-0.15, -0.1) is 0 Å². The summed E-state index contributed by atoms with van der Waals surface area (Å²) in [6.45, 7) is 18.9. The van der Waals surface area contributed by atoms with Crippen LogP contribution in [0.15, 0.2) is 12.3 Å². The highest BCUT2D eigenvalue weighted by Gasteiger charge is 2.14. The lowest BCUT2D eigenvalue weighted by Crippen LogP contribution is -2.30. The molecule has 0 aliphatic heterocycles. The molecule has 0 saturated carbocycles. The van der Waals surface area contributed by atoms with Crippen molar-refractivity contribution in [2.75, 3.05) is 73.3 Å². The Morgan fingerprint density at radius 2 is 0.862 bits per heavy atom. The Morgan fingerprint density at radius 1 is 0.448 bits per heavy atom. The zero-order valence-corrected chi connectivity index (χ0v) is 39.9. The van der Waals surface area contributed by atoms with Gasteiger partial charge in [0, 0.05) is 25.9 Å². The van der Waals surface area contributed by atoms with E-state index in [4.69, 9.17) is 18.9 Å². The second-order valence-electron chi connectivity index (χ2n) is 17.6. The van der Waals surface area contributed by atoms with Gasteiger partial charge in [-0.3, -0.25) is 4.79 Å². The highest BCUT2D eigenvalue weighted by Crippen LogP contribution is 2.19. The van der Waals surface area contributed by atoms with Crippen molar-refractivity contribution in [1.29, 1.82) is 0 Å². The largest absolute Gasteiger partial charge is 0.499 e. The first-order valence-corrected chi connectivity index (χ1v) is 25.4. The Balaban J connectivity index is 4.38. The molecule has 0 atom stereocenters. The van der Waals surface area contributed by atoms with E-state index >= 15 is 0 Å². The smallest absolute Gasteiger partial charge is 0.306 e. The number of hydrogen-bond donors (Lipinski definition) is 0. The fraction of sp³-hybridized carbons (Fsp3) is 0.941. The lowest BCUT2D eigenvalue weighted by atomic mass is 10.0. The molecule has 0 amide bonds. The van der Waals surface area contributed by atoms with Crippen LogP contribution in [0.2, 0.25) is 0 Å². The van der Waals surface area contributed by atoms with Gasteiger partial charge in [0.2, 0.25) is 0 Å². The van der Waals surface area contributed by atoms with E-state index in [2.05, 4.69) is 51.2 Å². The van der Waals surface area contributed by atoms with E-state index < -0.39 is 0 Å². The summed E-state index contributed by atoms with van der Waals surface area (Å²) >= 11 is 0. The molecule has 0 spiro atoms. The number of carbonyl (C=O) groups excluding carboxylic acids is 1. The highest BCUT2D eigenvalue weighted by molar-refractivity contribution is 5.69. The van der Waals surface area contributed by atoms with Gasteiger partial charge in [0.1, 0.15) is 6.10 Å². The first-order valence-electron chi connectivity index (χ1n) is 25.4. The summed E-state index contributed by atoms with van der Waals surface area (Å²) in [5.41, 5.74) is 0. The zero-order valence-electron chi connectivity index (χ0n) is 39.9. The average molecular weight is 823 g/mol. The molecule has 0 radical (unpaired) electrons. The number of rotatable bonds is 49. The molecule has 0 aromatic rings. The molecule has 58 heavy (non-hydrogen) atoms. The fourth-order valence-electron chi connectivity index (χ4n) is 7.58. The van der Waals surface area contributed by atoms with Crippen molar-refractivity contribution in [2.45, 2.75) is 239 Å². The lowest BCUT2D eigenvalue weighted by Gasteiger charge is -2.22. The van der Waals surface area contributed by atoms with E-state index in [1.165, 1.54) is 167 Å². The van der Waals surface area contributed by atoms with Crippen LogP contribution in [0.1, 0.15) is 233 Å². The maximum absolute atomic E-state index is 12.8. The molecule has 0 bridgehead atoms. The molecule has 0 fully saturated rings. The SMILES string of the molecule is C=C(CCCCCCCN(CCCCCCCC(=O)OC(CCCCCCCC)CCCCCCCC)CCOCCOCCN(C)C)OCCCCCCCCC. The number of ether oxygens (including phenoxy) is 4. The fourth-order valence-corrected chi connectivity index (χ4v) is 7.58. The molecule has 7 heteroatoms. The molecule has 346 valence electrons. The second kappa shape index (κ2) is 46.9. The molecule has 0 unspecified atom stereocenters. The van der Waals surface area contributed by atoms with E-state index in [-0.39, 0.29) is 12.1 Å². The van der Waals surface area contributed by atoms with Crippen molar-refractivity contribution in [1.82, 2.24) is 9.80 Å². The first kappa shape index (κ1) is 56.9. The van der Waals surface area contributed by atoms with Crippen LogP contribution in [-0.4, -0.2) is 95.2 Å². The number of allylic oxidation sites excluding steroid dienone is 1. The minimum Gasteiger partial charge on any atom is -0.499 e. The molecular formula is C51H102N2O5. The molecule has 0 N–H and O–H groups in total. The number of hydrogen-bond acceptors (Lipinski definition) is 7. The predicted octanol–water partition coefficient (Wildman–Crippen LogP) is 14.3. The van der Waals surface area contributed by atoms with Crippen LogP contribution in [0.4, 0.5) is 0 Å². The Bertz CT molecular complexity index is 824. The van der Waals surface area contributed by atoms with Gasteiger partial charge in [0.15, 0.2) is 0 Å². The average Bonchev–Trinajstić information content (AvgIpc) is 3.21. The summed E-state index contributed by atoms with van der Waals surface area (Å²) in [4.78, 5) is 17.6. The van der Waals surface area contributed by atoms with E-state index in [1.54, 1.807) is 0 Å². The summed E-state index contributed by atoms with van der Waals surface area (Å²) in [5, 5.41) is 0. The molecule has 0 aliphatic carbocycles. The van der Waals surface area contributed by atoms with Gasteiger partial charge in [0.25, 0.3) is 0 Å². The first-order chi connectivity index (χ1) is 28.4. The third kappa shape index (κ3) is 44.4. The highest BCUT2D eigenvalue weighted by atomic mass is 16.5. The van der Waals surface area contributed by atoms with Crippen LogP contribution in [0.25, 0.3) is 0 Å². The zero-order chi connectivity index (χ0) is 42.4. The molecular weight excluding hydrogens is 721 g/mol. The Morgan fingerprint density at radius 3 is 1.36 bits per heavy atom. The predicted molar refractivity (Wildman–Crippen MR) is 251 cm³/mol. The van der Waals surface area contributed by atoms with Crippen LogP contribution < -0.4 is 0 Å². The third-order valence-corrected chi connectivity index (χ3v) is 11.5. The van der Waals surface area contributed by atoms with Gasteiger partial charge in [-0.1, -0.05) is 169 Å². The van der Waals surface area contributed by atoms with Crippen LogP contribution in [-0.2, 0) is 23.7 Å². The maximum atomic E-state index is 12.8. The van der Waals surface area contributed by atoms with E-state index in [9.17, 15) is 4.79 Å². The summed E-state index contributed by atoms with van der Waals surface area (Å²) < 4.78 is 23.7. The summed E-state index contributed by atoms with van der Waals surface area (Å²) in [5.74, 6) is 1.01. The number of nitrogens with zero attached hydrogens (tertiary/aromatic N) is 2. The number of likely N-dealkylation sites (N-methyl/N-ethyl adjacent to an activating group) is 1. The summed E-state index contributed by atoms with van der Waals surface area (Å²) in [6, 6.07) is 0. The van der Waals surface area contributed by atoms with E-state index in [0.717, 1.165) is 90.3 Å². The Kier molecular flexibility index (Phi) is 46.0. The van der Waals surface area contributed by atoms with E-state index in [0.29, 0.717) is 19.6 Å². The van der Waals surface area contributed by atoms with Gasteiger partial charge in [-0.2, -0.15) is 0 Å². The quantitative estimate of drug-likeness (QED) is 0.0344. The van der Waals surface area contributed by atoms with Gasteiger partial charge < -0.3 is 28.7 Å². The standard InChI is InChI=1S/C51H102N2O5/c1-7-10-13-16-19-28-35-44-57-49(4)36-29-22-20-26-33-40-53(43-46-56-48-47-55-45-42-52(5)6)41-34-27-21-25-32-39-51(54)58-50(37-30-23-17-14-11-8-2)38-31-24-18-15-12-9-3/h50H,4,7-48H2,1-3,5-6H3. The second-order valence-corrected chi connectivity index (χ2v) is 17.6. The van der Waals surface area contributed by atoms with Crippen molar-refractivity contribution in [3.8, 4) is 0 Å². The van der Waals surface area contributed by atoms with Gasteiger partial charge >= 0.3 is 5.97 Å². The number of carbonyl (C=O) groups is 1. The van der Waals surface area contributed by atoms with Crippen molar-refractivity contribution >= 4 is 5.97 Å². The van der Waals surface area contributed by atoms with E-state index in [1.807, 2.05) is 0 Å². The Hall–Kier alpha value is -1.15. The van der Waals surface area contributed by atoms with Gasteiger partial charge in [-0.05, 0) is 85.0 Å². The molecule has 0 saturated heterocycles. The van der Waals surface area contributed by atoms with Crippen LogP contribution >= 0.6 is 0 Å². The van der Waals surface area contributed by atoms with Crippen molar-refractivity contribution in [2.24, 2.45) is 0 Å².